The number of ether oxygens (including phenoxy) is 1. The number of hydrogen-bond donors (Lipinski definition) is 0. The van der Waals surface area contributed by atoms with Gasteiger partial charge in [-0.25, -0.2) is 0 Å². The minimum absolute atomic E-state index is 0.633. The quantitative estimate of drug-likeness (QED) is 0.180. The molecule has 2 aromatic heterocycles. The highest BCUT2D eigenvalue weighted by Crippen LogP contribution is 2.61. The van der Waals surface area contributed by atoms with Crippen LogP contribution in [0.15, 0.2) is 182 Å². The molecule has 0 radical (unpaired) electrons. The number of aromatic nitrogens is 2. The average Bonchev–Trinajstić information content (AvgIpc) is 3.74. The smallest absolute Gasteiger partial charge is 0.156 e. The summed E-state index contributed by atoms with van der Waals surface area (Å²) in [6.07, 6.45) is 0. The molecule has 1 unspecified atom stereocenters. The highest BCUT2D eigenvalue weighted by Gasteiger charge is 2.51. The lowest BCUT2D eigenvalue weighted by Crippen LogP contribution is -2.37. The third kappa shape index (κ3) is 3.40. The first kappa shape index (κ1) is 27.9. The van der Waals surface area contributed by atoms with Gasteiger partial charge in [-0.15, -0.1) is 0 Å². The van der Waals surface area contributed by atoms with E-state index >= 15 is 0 Å². The third-order valence-electron chi connectivity index (χ3n) is 11.6. The maximum absolute atomic E-state index is 7.26. The Bertz CT molecular complexity index is 3110. The molecular weight excluding hydrogens is 633 g/mol. The zero-order valence-corrected chi connectivity index (χ0v) is 28.1. The third-order valence-corrected chi connectivity index (χ3v) is 11.6. The Morgan fingerprint density at radius 3 is 1.85 bits per heavy atom. The van der Waals surface area contributed by atoms with E-state index in [2.05, 4.69) is 191 Å². The Hall–Kier alpha value is -6.84. The van der Waals surface area contributed by atoms with Gasteiger partial charge in [-0.3, -0.25) is 0 Å². The summed E-state index contributed by atoms with van der Waals surface area (Å²) in [4.78, 5) is 0. The molecule has 2 aliphatic rings. The fourth-order valence-electron chi connectivity index (χ4n) is 9.55. The SMILES string of the molecule is c1ccc(-c2cccc(-n3c4ccccc4c4ccc5c(c43)Oc3ccccc3C53c4ccccc4-n4c5ccccc5c5cccc3c54)c2)cc1. The molecule has 10 aromatic rings. The van der Waals surface area contributed by atoms with Crippen LogP contribution in [0.4, 0.5) is 0 Å². The van der Waals surface area contributed by atoms with Gasteiger partial charge in [0.2, 0.25) is 0 Å². The molecule has 0 fully saturated rings. The molecule has 1 spiro atoms. The van der Waals surface area contributed by atoms with Crippen LogP contribution in [-0.2, 0) is 5.41 Å². The summed E-state index contributed by atoms with van der Waals surface area (Å²) >= 11 is 0. The molecule has 0 bridgehead atoms. The molecule has 0 saturated heterocycles. The van der Waals surface area contributed by atoms with Crippen molar-refractivity contribution in [1.29, 1.82) is 0 Å². The molecule has 3 nitrogen and oxygen atoms in total. The van der Waals surface area contributed by atoms with Gasteiger partial charge in [-0.05, 0) is 58.7 Å². The van der Waals surface area contributed by atoms with Crippen molar-refractivity contribution in [2.45, 2.75) is 5.41 Å². The summed E-state index contributed by atoms with van der Waals surface area (Å²) in [6.45, 7) is 0. The monoisotopic (exact) mass is 662 g/mol. The molecule has 0 aliphatic carbocycles. The molecule has 1 atom stereocenters. The van der Waals surface area contributed by atoms with Crippen LogP contribution in [0, 0.1) is 0 Å². The van der Waals surface area contributed by atoms with E-state index in [-0.39, 0.29) is 0 Å². The number of fused-ring (bicyclic) bond motifs is 15. The normalized spacial score (nSPS) is 15.5. The van der Waals surface area contributed by atoms with E-state index in [9.17, 15) is 0 Å². The van der Waals surface area contributed by atoms with Gasteiger partial charge in [-0.1, -0.05) is 146 Å². The summed E-state index contributed by atoms with van der Waals surface area (Å²) < 4.78 is 12.2. The molecule has 2 aliphatic heterocycles. The topological polar surface area (TPSA) is 19.1 Å². The van der Waals surface area contributed by atoms with Crippen LogP contribution in [0.25, 0.3) is 66.1 Å². The Balaban J connectivity index is 1.26. The second kappa shape index (κ2) is 10.1. The van der Waals surface area contributed by atoms with Crippen LogP contribution < -0.4 is 4.74 Å². The van der Waals surface area contributed by atoms with E-state index in [0.717, 1.165) is 39.3 Å². The van der Waals surface area contributed by atoms with Gasteiger partial charge in [0, 0.05) is 38.4 Å². The first-order chi connectivity index (χ1) is 25.8. The summed E-state index contributed by atoms with van der Waals surface area (Å²) in [5.74, 6) is 1.78. The minimum atomic E-state index is -0.633. The van der Waals surface area contributed by atoms with Gasteiger partial charge in [0.25, 0.3) is 0 Å². The number of para-hydroxylation sites is 5. The second-order valence-electron chi connectivity index (χ2n) is 14.0. The minimum Gasteiger partial charge on any atom is -0.454 e. The predicted molar refractivity (Wildman–Crippen MR) is 212 cm³/mol. The summed E-state index contributed by atoms with van der Waals surface area (Å²) in [5.41, 5.74) is 13.6. The van der Waals surface area contributed by atoms with Crippen molar-refractivity contribution in [2.75, 3.05) is 0 Å². The van der Waals surface area contributed by atoms with Crippen molar-refractivity contribution in [2.24, 2.45) is 0 Å². The lowest BCUT2D eigenvalue weighted by atomic mass is 9.61. The van der Waals surface area contributed by atoms with Crippen LogP contribution in [0.2, 0.25) is 0 Å². The first-order valence-electron chi connectivity index (χ1n) is 17.9. The molecule has 0 amide bonds. The van der Waals surface area contributed by atoms with Gasteiger partial charge in [0.1, 0.15) is 5.75 Å². The van der Waals surface area contributed by atoms with Crippen LogP contribution in [0.1, 0.15) is 22.3 Å². The van der Waals surface area contributed by atoms with Crippen LogP contribution in [-0.4, -0.2) is 9.13 Å². The zero-order chi connectivity index (χ0) is 34.0. The Morgan fingerprint density at radius 1 is 0.385 bits per heavy atom. The van der Waals surface area contributed by atoms with Crippen molar-refractivity contribution < 1.29 is 4.74 Å². The highest BCUT2D eigenvalue weighted by molar-refractivity contribution is 6.14. The van der Waals surface area contributed by atoms with Gasteiger partial charge in [0.15, 0.2) is 5.75 Å². The molecule has 3 heteroatoms. The summed E-state index contributed by atoms with van der Waals surface area (Å²) in [5, 5.41) is 4.90. The predicted octanol–water partition coefficient (Wildman–Crippen LogP) is 12.3. The molecule has 242 valence electrons. The Morgan fingerprint density at radius 2 is 1.00 bits per heavy atom. The largest absolute Gasteiger partial charge is 0.454 e. The van der Waals surface area contributed by atoms with E-state index in [0.29, 0.717) is 0 Å². The van der Waals surface area contributed by atoms with Crippen molar-refractivity contribution in [3.63, 3.8) is 0 Å². The van der Waals surface area contributed by atoms with Gasteiger partial charge in [-0.2, -0.15) is 0 Å². The van der Waals surface area contributed by atoms with Gasteiger partial charge in [0.05, 0.1) is 33.2 Å². The van der Waals surface area contributed by atoms with E-state index in [1.165, 1.54) is 60.5 Å². The number of rotatable bonds is 2. The second-order valence-corrected chi connectivity index (χ2v) is 14.0. The number of hydrogen-bond acceptors (Lipinski definition) is 1. The fraction of sp³-hybridized carbons (Fsp3) is 0.0204. The van der Waals surface area contributed by atoms with Crippen LogP contribution >= 0.6 is 0 Å². The molecule has 8 aromatic carbocycles. The maximum Gasteiger partial charge on any atom is 0.156 e. The van der Waals surface area contributed by atoms with Crippen LogP contribution in [0.3, 0.4) is 0 Å². The molecule has 4 heterocycles. The van der Waals surface area contributed by atoms with Crippen LogP contribution in [0.5, 0.6) is 11.5 Å². The lowest BCUT2D eigenvalue weighted by molar-refractivity contribution is 0.438. The summed E-state index contributed by atoms with van der Waals surface area (Å²) in [7, 11) is 0. The zero-order valence-electron chi connectivity index (χ0n) is 28.1. The van der Waals surface area contributed by atoms with E-state index in [1.807, 2.05) is 0 Å². The highest BCUT2D eigenvalue weighted by atomic mass is 16.5. The standard InChI is InChI=1S/C49H30N2O/c1-2-14-31(15-3-1)32-16-12-17-33(30-32)50-42-24-8-4-19-35(42)37-28-29-41-48(47(37)50)52-45-27-11-7-22-39(45)49(41)38-21-6-10-26-44(38)51-43-25-9-5-18-34(43)36-20-13-23-40(49)46(36)51/h1-30H. The first-order valence-corrected chi connectivity index (χ1v) is 17.9. The molecule has 0 N–H and O–H groups in total. The Labute approximate surface area is 300 Å². The van der Waals surface area contributed by atoms with E-state index in [1.54, 1.807) is 0 Å². The maximum atomic E-state index is 7.26. The molecular formula is C49H30N2O. The van der Waals surface area contributed by atoms with E-state index in [4.69, 9.17) is 4.74 Å². The molecule has 52 heavy (non-hydrogen) atoms. The van der Waals surface area contributed by atoms with Gasteiger partial charge < -0.3 is 13.9 Å². The summed E-state index contributed by atoms with van der Waals surface area (Å²) in [6, 6.07) is 66.3. The van der Waals surface area contributed by atoms with Crippen molar-refractivity contribution in [1.82, 2.24) is 9.13 Å². The van der Waals surface area contributed by atoms with Crippen molar-refractivity contribution in [3.8, 4) is 34.0 Å². The van der Waals surface area contributed by atoms with Crippen molar-refractivity contribution in [3.05, 3.63) is 204 Å². The number of nitrogens with zero attached hydrogens (tertiary/aromatic N) is 2. The van der Waals surface area contributed by atoms with Gasteiger partial charge >= 0.3 is 0 Å². The van der Waals surface area contributed by atoms with E-state index < -0.39 is 5.41 Å². The fourth-order valence-corrected chi connectivity index (χ4v) is 9.55. The number of benzene rings is 8. The lowest BCUT2D eigenvalue weighted by Gasteiger charge is -2.45. The molecule has 12 rings (SSSR count). The molecule has 0 saturated carbocycles. The van der Waals surface area contributed by atoms with Crippen molar-refractivity contribution >= 4 is 43.6 Å². The average molecular weight is 663 g/mol. The Kier molecular flexibility index (Phi) is 5.43.